The number of carbonyl (C=O) groups is 1. The highest BCUT2D eigenvalue weighted by Crippen LogP contribution is 2.26. The number of thiazole rings is 1. The molecule has 0 saturated heterocycles. The van der Waals surface area contributed by atoms with Crippen LogP contribution in [-0.2, 0) is 0 Å². The Bertz CT molecular complexity index is 942. The number of amides is 1. The monoisotopic (exact) mass is 368 g/mol. The van der Waals surface area contributed by atoms with E-state index in [2.05, 4.69) is 9.97 Å². The summed E-state index contributed by atoms with van der Waals surface area (Å²) in [7, 11) is 1.66. The molecular weight excluding hydrogens is 352 g/mol. The number of carbonyl (C=O) groups excluding carboxylic acids is 1. The highest BCUT2D eigenvalue weighted by Gasteiger charge is 2.22. The number of nitro benzene ring substituents is 1. The third kappa shape index (κ3) is 3.60. The summed E-state index contributed by atoms with van der Waals surface area (Å²) in [6.07, 6.45) is 1.68. The topological polar surface area (TPSA) is 89.2 Å². The van der Waals surface area contributed by atoms with Crippen molar-refractivity contribution in [2.24, 2.45) is 0 Å². The molecule has 1 aromatic carbocycles. The van der Waals surface area contributed by atoms with Gasteiger partial charge in [-0.15, -0.1) is 11.3 Å². The lowest BCUT2D eigenvalue weighted by atomic mass is 10.1. The molecule has 2 aromatic heterocycles. The van der Waals surface area contributed by atoms with Crippen molar-refractivity contribution < 1.29 is 9.72 Å². The van der Waals surface area contributed by atoms with Crippen molar-refractivity contribution in [1.29, 1.82) is 0 Å². The van der Waals surface area contributed by atoms with Crippen LogP contribution in [0.1, 0.15) is 29.0 Å². The van der Waals surface area contributed by atoms with Gasteiger partial charge in [0, 0.05) is 30.8 Å². The zero-order chi connectivity index (χ0) is 18.7. The van der Waals surface area contributed by atoms with Gasteiger partial charge in [-0.2, -0.15) is 0 Å². The molecule has 8 heteroatoms. The van der Waals surface area contributed by atoms with Crippen LogP contribution in [0, 0.1) is 10.1 Å². The fourth-order valence-electron chi connectivity index (χ4n) is 2.46. The average Bonchev–Trinajstić information content (AvgIpc) is 3.17. The Hall–Kier alpha value is -3.13. The van der Waals surface area contributed by atoms with Gasteiger partial charge in [0.2, 0.25) is 0 Å². The summed E-state index contributed by atoms with van der Waals surface area (Å²) in [6.45, 7) is 1.82. The van der Waals surface area contributed by atoms with Gasteiger partial charge in [0.25, 0.3) is 11.6 Å². The largest absolute Gasteiger partial charge is 0.334 e. The molecule has 0 N–H and O–H groups in total. The Morgan fingerprint density at radius 3 is 2.77 bits per heavy atom. The van der Waals surface area contributed by atoms with Crippen LogP contribution in [0.5, 0.6) is 0 Å². The van der Waals surface area contributed by atoms with Gasteiger partial charge in [-0.25, -0.2) is 4.98 Å². The van der Waals surface area contributed by atoms with E-state index in [1.54, 1.807) is 30.8 Å². The summed E-state index contributed by atoms with van der Waals surface area (Å²) in [6, 6.07) is 11.5. The molecule has 132 valence electrons. The molecule has 0 saturated carbocycles. The number of pyridine rings is 1. The SMILES string of the molecule is C[C@H](c1cccc([N+](=O)[O-])c1)N(C)C(=O)c1csc(-c2ccccn2)n1. The number of non-ortho nitro benzene ring substituents is 1. The first-order chi connectivity index (χ1) is 12.5. The maximum Gasteiger partial charge on any atom is 0.273 e. The van der Waals surface area contributed by atoms with E-state index < -0.39 is 4.92 Å². The molecule has 0 fully saturated rings. The van der Waals surface area contributed by atoms with E-state index in [0.717, 1.165) is 0 Å². The van der Waals surface area contributed by atoms with Gasteiger partial charge in [-0.05, 0) is 24.6 Å². The fourth-order valence-corrected chi connectivity index (χ4v) is 3.23. The van der Waals surface area contributed by atoms with Crippen LogP contribution >= 0.6 is 11.3 Å². The van der Waals surface area contributed by atoms with E-state index in [9.17, 15) is 14.9 Å². The highest BCUT2D eigenvalue weighted by molar-refractivity contribution is 7.13. The van der Waals surface area contributed by atoms with E-state index in [0.29, 0.717) is 22.0 Å². The number of hydrogen-bond donors (Lipinski definition) is 0. The first-order valence-electron chi connectivity index (χ1n) is 7.86. The van der Waals surface area contributed by atoms with Crippen LogP contribution in [0.25, 0.3) is 10.7 Å². The molecule has 3 aromatic rings. The molecule has 0 unspecified atom stereocenters. The molecule has 0 radical (unpaired) electrons. The summed E-state index contributed by atoms with van der Waals surface area (Å²) >= 11 is 1.35. The minimum Gasteiger partial charge on any atom is -0.334 e. The number of hydrogen-bond acceptors (Lipinski definition) is 6. The number of benzene rings is 1. The number of rotatable bonds is 5. The van der Waals surface area contributed by atoms with Gasteiger partial charge >= 0.3 is 0 Å². The highest BCUT2D eigenvalue weighted by atomic mass is 32.1. The quantitative estimate of drug-likeness (QED) is 0.502. The molecule has 0 spiro atoms. The van der Waals surface area contributed by atoms with Crippen molar-refractivity contribution in [1.82, 2.24) is 14.9 Å². The van der Waals surface area contributed by atoms with E-state index in [1.807, 2.05) is 25.1 Å². The van der Waals surface area contributed by atoms with Gasteiger partial charge < -0.3 is 4.90 Å². The second-order valence-corrected chi connectivity index (χ2v) is 6.56. The summed E-state index contributed by atoms with van der Waals surface area (Å²) in [5.41, 5.74) is 1.73. The number of nitro groups is 1. The van der Waals surface area contributed by atoms with E-state index >= 15 is 0 Å². The Balaban J connectivity index is 1.80. The number of aromatic nitrogens is 2. The predicted octanol–water partition coefficient (Wildman–Crippen LogP) is 3.95. The van der Waals surface area contributed by atoms with Crippen molar-refractivity contribution in [3.8, 4) is 10.7 Å². The van der Waals surface area contributed by atoms with Crippen molar-refractivity contribution in [3.05, 3.63) is 75.4 Å². The normalized spacial score (nSPS) is 11.8. The molecular formula is C18H16N4O3S. The van der Waals surface area contributed by atoms with Gasteiger partial charge in [-0.3, -0.25) is 19.9 Å². The average molecular weight is 368 g/mol. The van der Waals surface area contributed by atoms with Crippen LogP contribution < -0.4 is 0 Å². The summed E-state index contributed by atoms with van der Waals surface area (Å²) in [4.78, 5) is 33.4. The molecule has 0 aliphatic rings. The Morgan fingerprint density at radius 1 is 1.27 bits per heavy atom. The minimum absolute atomic E-state index is 0.00120. The fraction of sp³-hybridized carbons (Fsp3) is 0.167. The molecule has 1 amide bonds. The van der Waals surface area contributed by atoms with E-state index in [-0.39, 0.29) is 17.6 Å². The Kier molecular flexibility index (Phi) is 5.04. The van der Waals surface area contributed by atoms with Crippen LogP contribution in [0.15, 0.2) is 54.0 Å². The van der Waals surface area contributed by atoms with E-state index in [1.165, 1.54) is 28.4 Å². The summed E-state index contributed by atoms with van der Waals surface area (Å²) in [5, 5.41) is 13.3. The van der Waals surface area contributed by atoms with Crippen LogP contribution in [-0.4, -0.2) is 32.7 Å². The number of nitrogens with zero attached hydrogens (tertiary/aromatic N) is 4. The maximum atomic E-state index is 12.7. The van der Waals surface area contributed by atoms with Crippen molar-refractivity contribution in [3.63, 3.8) is 0 Å². The zero-order valence-corrected chi connectivity index (χ0v) is 15.0. The summed E-state index contributed by atoms with van der Waals surface area (Å²) in [5.74, 6) is -0.248. The molecule has 1 atom stereocenters. The summed E-state index contributed by atoms with van der Waals surface area (Å²) < 4.78 is 0. The maximum absolute atomic E-state index is 12.7. The van der Waals surface area contributed by atoms with Gasteiger partial charge in [0.05, 0.1) is 16.7 Å². The van der Waals surface area contributed by atoms with Crippen LogP contribution in [0.3, 0.4) is 0 Å². The zero-order valence-electron chi connectivity index (χ0n) is 14.2. The van der Waals surface area contributed by atoms with Gasteiger partial charge in [0.1, 0.15) is 10.7 Å². The van der Waals surface area contributed by atoms with Crippen molar-refractivity contribution in [2.75, 3.05) is 7.05 Å². The molecule has 26 heavy (non-hydrogen) atoms. The van der Waals surface area contributed by atoms with E-state index in [4.69, 9.17) is 0 Å². The molecule has 0 bridgehead atoms. The lowest BCUT2D eigenvalue weighted by molar-refractivity contribution is -0.384. The molecule has 0 aliphatic heterocycles. The second kappa shape index (κ2) is 7.40. The van der Waals surface area contributed by atoms with Crippen molar-refractivity contribution >= 4 is 22.9 Å². The molecule has 2 heterocycles. The lowest BCUT2D eigenvalue weighted by Crippen LogP contribution is -2.29. The third-order valence-electron chi connectivity index (χ3n) is 4.07. The molecule has 0 aliphatic carbocycles. The smallest absolute Gasteiger partial charge is 0.273 e. The van der Waals surface area contributed by atoms with Gasteiger partial charge in [-0.1, -0.05) is 18.2 Å². The van der Waals surface area contributed by atoms with Crippen LogP contribution in [0.4, 0.5) is 5.69 Å². The lowest BCUT2D eigenvalue weighted by Gasteiger charge is -2.24. The molecule has 7 nitrogen and oxygen atoms in total. The predicted molar refractivity (Wildman–Crippen MR) is 98.9 cm³/mol. The van der Waals surface area contributed by atoms with Crippen molar-refractivity contribution in [2.45, 2.75) is 13.0 Å². The first-order valence-corrected chi connectivity index (χ1v) is 8.74. The van der Waals surface area contributed by atoms with Crippen LogP contribution in [0.2, 0.25) is 0 Å². The minimum atomic E-state index is -0.447. The Labute approximate surface area is 154 Å². The second-order valence-electron chi connectivity index (χ2n) is 5.70. The van der Waals surface area contributed by atoms with Gasteiger partial charge in [0.15, 0.2) is 0 Å². The molecule has 3 rings (SSSR count). The third-order valence-corrected chi connectivity index (χ3v) is 4.94. The first kappa shape index (κ1) is 17.7. The standard InChI is InChI=1S/C18H16N4O3S/c1-12(13-6-5-7-14(10-13)22(24)25)21(2)18(23)16-11-26-17(20-16)15-8-3-4-9-19-15/h3-12H,1-2H3/t12-/m1/s1. The Morgan fingerprint density at radius 2 is 2.08 bits per heavy atom.